The predicted octanol–water partition coefficient (Wildman–Crippen LogP) is 2.93. The highest BCUT2D eigenvalue weighted by Gasteiger charge is 2.43. The van der Waals surface area contributed by atoms with Gasteiger partial charge in [0.15, 0.2) is 0 Å². The van der Waals surface area contributed by atoms with Crippen molar-refractivity contribution in [1.29, 1.82) is 5.26 Å². The van der Waals surface area contributed by atoms with Crippen LogP contribution < -0.4 is 5.73 Å². The highest BCUT2D eigenvalue weighted by Crippen LogP contribution is 2.38. The second-order valence-electron chi connectivity index (χ2n) is 11.7. The molecule has 2 aromatic rings. The molecule has 2 aliphatic rings. The zero-order valence-corrected chi connectivity index (χ0v) is 23.5. The SMILES string of the molecule is CC1c2nc(C3(O)CCN(Cc4ccc(C#N)cc4)CC3)ccc2C(=O)N1[C@@H](CCC(=O)OC(C)(C)C)C(N)=O. The molecule has 2 amide bonds. The van der Waals surface area contributed by atoms with Gasteiger partial charge >= 0.3 is 5.97 Å². The summed E-state index contributed by atoms with van der Waals surface area (Å²) in [5.74, 6) is -1.55. The number of amides is 2. The summed E-state index contributed by atoms with van der Waals surface area (Å²) in [5, 5.41) is 20.5. The lowest BCUT2D eigenvalue weighted by molar-refractivity contribution is -0.155. The van der Waals surface area contributed by atoms with Crippen LogP contribution in [-0.4, -0.2) is 62.4 Å². The molecular weight excluding hydrogens is 510 g/mol. The van der Waals surface area contributed by atoms with Gasteiger partial charge in [0.05, 0.1) is 34.6 Å². The lowest BCUT2D eigenvalue weighted by Gasteiger charge is -2.38. The summed E-state index contributed by atoms with van der Waals surface area (Å²) in [6, 6.07) is 11.4. The molecule has 0 spiro atoms. The molecule has 3 heterocycles. The fourth-order valence-corrected chi connectivity index (χ4v) is 5.44. The maximum atomic E-state index is 13.3. The third kappa shape index (κ3) is 6.32. The predicted molar refractivity (Wildman–Crippen MR) is 146 cm³/mol. The number of aromatic nitrogens is 1. The molecule has 2 atom stereocenters. The summed E-state index contributed by atoms with van der Waals surface area (Å²) < 4.78 is 5.34. The minimum Gasteiger partial charge on any atom is -0.460 e. The standard InChI is InChI=1S/C30H37N5O5/c1-19-26-22(28(38)35(19)23(27(32)37)10-12-25(36)40-29(2,3)4)9-11-24(33-26)30(39)13-15-34(16-14-30)18-21-7-5-20(17-31)6-8-21/h5-9,11,19,23,39H,10,12-16,18H2,1-4H3,(H2,32,37)/t19?,23-/m0/s1. The van der Waals surface area contributed by atoms with Gasteiger partial charge in [-0.3, -0.25) is 24.3 Å². The molecule has 1 fully saturated rings. The zero-order valence-electron chi connectivity index (χ0n) is 23.5. The summed E-state index contributed by atoms with van der Waals surface area (Å²) >= 11 is 0. The van der Waals surface area contributed by atoms with Crippen molar-refractivity contribution in [2.24, 2.45) is 5.73 Å². The Hall–Kier alpha value is -3.81. The van der Waals surface area contributed by atoms with Crippen molar-refractivity contribution < 1.29 is 24.2 Å². The van der Waals surface area contributed by atoms with Gasteiger partial charge in [-0.2, -0.15) is 5.26 Å². The van der Waals surface area contributed by atoms with E-state index in [1.165, 1.54) is 4.90 Å². The number of hydrogen-bond donors (Lipinski definition) is 2. The smallest absolute Gasteiger partial charge is 0.306 e. The number of ether oxygens (including phenoxy) is 1. The summed E-state index contributed by atoms with van der Waals surface area (Å²) in [4.78, 5) is 46.3. The van der Waals surface area contributed by atoms with Gasteiger partial charge in [-0.1, -0.05) is 12.1 Å². The topological polar surface area (TPSA) is 150 Å². The Morgan fingerprint density at radius 3 is 2.42 bits per heavy atom. The molecule has 40 heavy (non-hydrogen) atoms. The molecule has 1 unspecified atom stereocenters. The minimum absolute atomic E-state index is 0.0418. The normalized spacial score (nSPS) is 19.6. The van der Waals surface area contributed by atoms with Crippen LogP contribution in [0.15, 0.2) is 36.4 Å². The number of primary amides is 1. The molecule has 0 bridgehead atoms. The lowest BCUT2D eigenvalue weighted by Crippen LogP contribution is -2.46. The first-order valence-corrected chi connectivity index (χ1v) is 13.6. The number of carbonyl (C=O) groups excluding carboxylic acids is 3. The second-order valence-corrected chi connectivity index (χ2v) is 11.7. The van der Waals surface area contributed by atoms with Gasteiger partial charge in [0.1, 0.15) is 17.2 Å². The highest BCUT2D eigenvalue weighted by atomic mass is 16.6. The molecule has 10 nitrogen and oxygen atoms in total. The number of nitrogens with two attached hydrogens (primary N) is 1. The Morgan fingerprint density at radius 2 is 1.85 bits per heavy atom. The fourth-order valence-electron chi connectivity index (χ4n) is 5.44. The van der Waals surface area contributed by atoms with Crippen molar-refractivity contribution in [3.8, 4) is 6.07 Å². The Bertz CT molecular complexity index is 1320. The Balaban J connectivity index is 1.44. The first-order valence-electron chi connectivity index (χ1n) is 13.6. The number of likely N-dealkylation sites (tertiary alicyclic amines) is 1. The molecule has 2 aliphatic heterocycles. The van der Waals surface area contributed by atoms with E-state index >= 15 is 0 Å². The van der Waals surface area contributed by atoms with Crippen LogP contribution in [0.5, 0.6) is 0 Å². The van der Waals surface area contributed by atoms with Crippen LogP contribution in [0.2, 0.25) is 0 Å². The number of piperidine rings is 1. The zero-order chi connectivity index (χ0) is 29.2. The van der Waals surface area contributed by atoms with E-state index < -0.39 is 35.2 Å². The molecule has 4 rings (SSSR count). The molecule has 1 saturated heterocycles. The highest BCUT2D eigenvalue weighted by molar-refractivity contribution is 6.01. The number of esters is 1. The summed E-state index contributed by atoms with van der Waals surface area (Å²) in [6.07, 6.45) is 0.928. The van der Waals surface area contributed by atoms with Crippen molar-refractivity contribution in [2.75, 3.05) is 13.1 Å². The van der Waals surface area contributed by atoms with Crippen molar-refractivity contribution in [3.05, 3.63) is 64.5 Å². The average Bonchev–Trinajstić information content (AvgIpc) is 3.14. The van der Waals surface area contributed by atoms with Gasteiger partial charge in [0.2, 0.25) is 5.91 Å². The second kappa shape index (κ2) is 11.4. The van der Waals surface area contributed by atoms with Gasteiger partial charge in [-0.15, -0.1) is 0 Å². The van der Waals surface area contributed by atoms with E-state index in [4.69, 9.17) is 20.7 Å². The van der Waals surface area contributed by atoms with E-state index in [0.29, 0.717) is 48.4 Å². The molecule has 1 aromatic heterocycles. The largest absolute Gasteiger partial charge is 0.460 e. The van der Waals surface area contributed by atoms with E-state index in [0.717, 1.165) is 12.1 Å². The molecule has 1 aromatic carbocycles. The molecule has 10 heteroatoms. The minimum atomic E-state index is -1.15. The number of nitriles is 1. The van der Waals surface area contributed by atoms with Gasteiger partial charge in [-0.25, -0.2) is 0 Å². The van der Waals surface area contributed by atoms with Crippen LogP contribution >= 0.6 is 0 Å². The van der Waals surface area contributed by atoms with E-state index in [1.54, 1.807) is 52.0 Å². The molecule has 3 N–H and O–H groups in total. The number of rotatable bonds is 8. The van der Waals surface area contributed by atoms with Gasteiger partial charge in [0.25, 0.3) is 5.91 Å². The van der Waals surface area contributed by atoms with Crippen LogP contribution in [-0.2, 0) is 26.5 Å². The Kier molecular flexibility index (Phi) is 8.28. The fraction of sp³-hybridized carbons (Fsp3) is 0.500. The third-order valence-corrected chi connectivity index (χ3v) is 7.56. The molecule has 0 radical (unpaired) electrons. The first-order chi connectivity index (χ1) is 18.8. The molecular formula is C30H37N5O5. The Labute approximate surface area is 234 Å². The summed E-state index contributed by atoms with van der Waals surface area (Å²) in [7, 11) is 0. The number of aliphatic hydroxyl groups is 1. The van der Waals surface area contributed by atoms with Crippen molar-refractivity contribution in [3.63, 3.8) is 0 Å². The molecule has 0 saturated carbocycles. The van der Waals surface area contributed by atoms with Crippen molar-refractivity contribution in [1.82, 2.24) is 14.8 Å². The first kappa shape index (κ1) is 29.2. The van der Waals surface area contributed by atoms with Crippen LogP contribution in [0.25, 0.3) is 0 Å². The van der Waals surface area contributed by atoms with Crippen LogP contribution in [0.3, 0.4) is 0 Å². The van der Waals surface area contributed by atoms with Gasteiger partial charge < -0.3 is 20.5 Å². The monoisotopic (exact) mass is 547 g/mol. The lowest BCUT2D eigenvalue weighted by atomic mass is 9.87. The summed E-state index contributed by atoms with van der Waals surface area (Å²) in [6.45, 7) is 9.08. The number of nitrogens with zero attached hydrogens (tertiary/aromatic N) is 4. The van der Waals surface area contributed by atoms with Crippen molar-refractivity contribution >= 4 is 17.8 Å². The maximum Gasteiger partial charge on any atom is 0.306 e. The van der Waals surface area contributed by atoms with Crippen LogP contribution in [0, 0.1) is 11.3 Å². The Morgan fingerprint density at radius 1 is 1.20 bits per heavy atom. The number of fused-ring (bicyclic) bond motifs is 1. The number of benzene rings is 1. The van der Waals surface area contributed by atoms with Gasteiger partial charge in [-0.05, 0) is 76.8 Å². The van der Waals surface area contributed by atoms with E-state index in [1.807, 2.05) is 12.1 Å². The number of hydrogen-bond acceptors (Lipinski definition) is 8. The number of carbonyl (C=O) groups is 3. The quantitative estimate of drug-likeness (QED) is 0.479. The van der Waals surface area contributed by atoms with E-state index in [2.05, 4.69) is 11.0 Å². The average molecular weight is 548 g/mol. The maximum absolute atomic E-state index is 13.3. The summed E-state index contributed by atoms with van der Waals surface area (Å²) in [5.41, 5.74) is 6.93. The van der Waals surface area contributed by atoms with Crippen LogP contribution in [0.1, 0.15) is 92.3 Å². The third-order valence-electron chi connectivity index (χ3n) is 7.56. The molecule has 0 aliphatic carbocycles. The van der Waals surface area contributed by atoms with Crippen molar-refractivity contribution in [2.45, 2.75) is 83.2 Å². The number of pyridine rings is 1. The van der Waals surface area contributed by atoms with E-state index in [-0.39, 0.29) is 18.7 Å². The van der Waals surface area contributed by atoms with Crippen LogP contribution in [0.4, 0.5) is 0 Å². The molecule has 212 valence electrons. The van der Waals surface area contributed by atoms with Gasteiger partial charge in [0, 0.05) is 26.1 Å². The van der Waals surface area contributed by atoms with E-state index in [9.17, 15) is 19.5 Å².